The Morgan fingerprint density at radius 2 is 2.08 bits per heavy atom. The zero-order valence-electron chi connectivity index (χ0n) is 6.72. The van der Waals surface area contributed by atoms with Gasteiger partial charge in [-0.3, -0.25) is 0 Å². The van der Waals surface area contributed by atoms with E-state index in [9.17, 15) is 0 Å². The van der Waals surface area contributed by atoms with E-state index in [1.54, 1.807) is 0 Å². The van der Waals surface area contributed by atoms with Gasteiger partial charge in [0.1, 0.15) is 0 Å². The van der Waals surface area contributed by atoms with E-state index in [1.807, 2.05) is 7.05 Å². The molecule has 0 saturated carbocycles. The molecule has 0 bridgehead atoms. The maximum absolute atomic E-state index is 5.17. The van der Waals surface area contributed by atoms with E-state index in [-0.39, 0.29) is 5.11 Å². The molecule has 0 fully saturated rings. The van der Waals surface area contributed by atoms with Crippen molar-refractivity contribution in [2.24, 2.45) is 5.73 Å². The van der Waals surface area contributed by atoms with Gasteiger partial charge in [-0.25, -0.2) is 0 Å². The van der Waals surface area contributed by atoms with Crippen molar-refractivity contribution >= 4 is 21.5 Å². The van der Waals surface area contributed by atoms with Crippen LogP contribution in [0, 0.1) is 0 Å². The van der Waals surface area contributed by atoms with E-state index < -0.39 is 0 Å². The van der Waals surface area contributed by atoms with Crippen LogP contribution in [0.1, 0.15) is 0 Å². The third-order valence-electron chi connectivity index (χ3n) is 0.910. The summed E-state index contributed by atoms with van der Waals surface area (Å²) < 4.78 is 6.11. The molecule has 0 radical (unpaired) electrons. The van der Waals surface area contributed by atoms with Gasteiger partial charge in [-0.2, -0.15) is 0 Å². The van der Waals surface area contributed by atoms with Gasteiger partial charge in [0.15, 0.2) is 0 Å². The number of nitrogens with one attached hydrogen (secondary N) is 3. The normalized spacial score (nSPS) is 9.42. The van der Waals surface area contributed by atoms with E-state index in [1.165, 1.54) is 19.4 Å². The summed E-state index contributed by atoms with van der Waals surface area (Å²) in [6.07, 6.45) is 0. The van der Waals surface area contributed by atoms with Crippen LogP contribution in [0.15, 0.2) is 0 Å². The van der Waals surface area contributed by atoms with Crippen molar-refractivity contribution in [3.63, 3.8) is 0 Å². The molecule has 0 atom stereocenters. The van der Waals surface area contributed by atoms with Gasteiger partial charge < -0.3 is 0 Å². The fourth-order valence-corrected chi connectivity index (χ4v) is 0.649. The average molecular weight is 360 g/mol. The summed E-state index contributed by atoms with van der Waals surface area (Å²) in [6, 6.07) is 0. The molecule has 0 aromatic heterocycles. The Kier molecular flexibility index (Phi) is 7.84. The molecular formula is C5H12N4OSW. The van der Waals surface area contributed by atoms with Crippen LogP contribution in [0.3, 0.4) is 0 Å². The quantitative estimate of drug-likeness (QED) is 0.255. The molecule has 0 saturated heterocycles. The third kappa shape index (κ3) is 8.23. The Morgan fingerprint density at radius 3 is 2.58 bits per heavy atom. The van der Waals surface area contributed by atoms with E-state index in [0.717, 1.165) is 4.15 Å². The van der Waals surface area contributed by atoms with Crippen LogP contribution in [0.5, 0.6) is 0 Å². The molecular weight excluding hydrogens is 348 g/mol. The van der Waals surface area contributed by atoms with Crippen LogP contribution >= 0.6 is 12.2 Å². The molecule has 5 N–H and O–H groups in total. The van der Waals surface area contributed by atoms with Gasteiger partial charge in [0.25, 0.3) is 0 Å². The zero-order valence-corrected chi connectivity index (χ0v) is 10.5. The molecule has 0 aliphatic heterocycles. The predicted molar refractivity (Wildman–Crippen MR) is 47.9 cm³/mol. The van der Waals surface area contributed by atoms with Crippen LogP contribution < -0.4 is 21.7 Å². The number of rotatable bonds is 6. The Balaban J connectivity index is 3.11. The molecule has 12 heavy (non-hydrogen) atoms. The van der Waals surface area contributed by atoms with Crippen molar-refractivity contribution in [3.8, 4) is 0 Å². The molecule has 0 spiro atoms. The number of thiocarbonyl (C=S) groups is 1. The molecule has 5 nitrogen and oxygen atoms in total. The van der Waals surface area contributed by atoms with Gasteiger partial charge in [-0.05, 0) is 0 Å². The Morgan fingerprint density at radius 1 is 1.50 bits per heavy atom. The number of hydrogen-bond acceptors (Lipinski definition) is 4. The second kappa shape index (κ2) is 7.76. The topological polar surface area (TPSA) is 71.3 Å². The van der Waals surface area contributed by atoms with Crippen molar-refractivity contribution in [1.82, 2.24) is 16.0 Å². The molecule has 0 aromatic carbocycles. The van der Waals surface area contributed by atoms with Crippen LogP contribution in [-0.4, -0.2) is 29.8 Å². The summed E-state index contributed by atoms with van der Waals surface area (Å²) >= 11 is 5.90. The SMILES string of the molecule is CN[C](=[W])NCOCNC(N)=S. The summed E-state index contributed by atoms with van der Waals surface area (Å²) in [6.45, 7) is 0.768. The molecule has 0 heterocycles. The summed E-state index contributed by atoms with van der Waals surface area (Å²) in [7, 11) is 1.85. The first-order valence-electron chi connectivity index (χ1n) is 3.23. The Bertz CT molecular complexity index is 166. The first kappa shape index (κ1) is 12.1. The summed E-state index contributed by atoms with van der Waals surface area (Å²) in [5, 5.41) is 8.87. The monoisotopic (exact) mass is 360 g/mol. The first-order chi connectivity index (χ1) is 5.66. The average Bonchev–Trinajstić information content (AvgIpc) is 2.03. The molecule has 0 unspecified atom stereocenters. The number of ether oxygens (including phenoxy) is 1. The zero-order chi connectivity index (χ0) is 9.40. The summed E-state index contributed by atoms with van der Waals surface area (Å²) in [5.74, 6) is 0. The van der Waals surface area contributed by atoms with Gasteiger partial charge in [0.05, 0.1) is 0 Å². The standard InChI is InChI=1S/C5H12N4OS.W/c1-7-2-8-3-10-4-9-5(6)11;/h7-8H,3-4H2,1H3,(H3,6,9,11);. The van der Waals surface area contributed by atoms with Gasteiger partial charge in [0, 0.05) is 0 Å². The van der Waals surface area contributed by atoms with Crippen molar-refractivity contribution in [3.05, 3.63) is 0 Å². The van der Waals surface area contributed by atoms with E-state index in [2.05, 4.69) is 28.2 Å². The van der Waals surface area contributed by atoms with E-state index in [0.29, 0.717) is 13.5 Å². The van der Waals surface area contributed by atoms with Gasteiger partial charge in [-0.1, -0.05) is 0 Å². The summed E-state index contributed by atoms with van der Waals surface area (Å²) in [4.78, 5) is 0. The first-order valence-corrected chi connectivity index (χ1v) is 5.11. The maximum atomic E-state index is 5.17. The molecule has 70 valence electrons. The van der Waals surface area contributed by atoms with Crippen LogP contribution in [-0.2, 0) is 24.1 Å². The summed E-state index contributed by atoms with van der Waals surface area (Å²) in [5.41, 5.74) is 5.17. The molecule has 0 aliphatic rings. The molecule has 0 rings (SSSR count). The number of nitrogens with two attached hydrogens (primary N) is 1. The molecule has 0 aliphatic carbocycles. The van der Waals surface area contributed by atoms with Crippen molar-refractivity contribution < 1.29 is 24.1 Å². The van der Waals surface area contributed by atoms with Crippen LogP contribution in [0.25, 0.3) is 0 Å². The van der Waals surface area contributed by atoms with E-state index >= 15 is 0 Å². The van der Waals surface area contributed by atoms with Gasteiger partial charge in [-0.15, -0.1) is 0 Å². The minimum absolute atomic E-state index is 0.245. The van der Waals surface area contributed by atoms with Crippen LogP contribution in [0.4, 0.5) is 0 Å². The second-order valence-corrected chi connectivity index (χ2v) is 3.70. The van der Waals surface area contributed by atoms with E-state index in [4.69, 9.17) is 10.5 Å². The molecule has 0 amide bonds. The minimum atomic E-state index is 0.245. The van der Waals surface area contributed by atoms with Crippen LogP contribution in [0.2, 0.25) is 0 Å². The van der Waals surface area contributed by atoms with Gasteiger partial charge in [0.2, 0.25) is 0 Å². The van der Waals surface area contributed by atoms with Crippen molar-refractivity contribution in [1.29, 1.82) is 0 Å². The second-order valence-electron chi connectivity index (χ2n) is 1.79. The number of hydrogen-bond donors (Lipinski definition) is 4. The predicted octanol–water partition coefficient (Wildman–Crippen LogP) is -1.81. The third-order valence-corrected chi connectivity index (χ3v) is 2.31. The molecule has 7 heteroatoms. The van der Waals surface area contributed by atoms with Gasteiger partial charge >= 0.3 is 87.8 Å². The fraction of sp³-hybridized carbons (Fsp3) is 0.600. The Labute approximate surface area is 87.8 Å². The molecule has 0 aromatic rings. The van der Waals surface area contributed by atoms with Crippen molar-refractivity contribution in [2.45, 2.75) is 0 Å². The Hall–Kier alpha value is 0.128. The van der Waals surface area contributed by atoms with Crippen molar-refractivity contribution in [2.75, 3.05) is 20.5 Å². The fourth-order valence-electron chi connectivity index (χ4n) is 0.378.